The highest BCUT2D eigenvalue weighted by Crippen LogP contribution is 2.30. The molecule has 14 heavy (non-hydrogen) atoms. The second-order valence-corrected chi connectivity index (χ2v) is 4.68. The third-order valence-corrected chi connectivity index (χ3v) is 3.41. The van der Waals surface area contributed by atoms with Crippen LogP contribution in [-0.2, 0) is 4.74 Å². The summed E-state index contributed by atoms with van der Waals surface area (Å²) in [5.41, 5.74) is -0.378. The predicted octanol–water partition coefficient (Wildman–Crippen LogP) is 1.06. The maximum atomic E-state index is 9.81. The van der Waals surface area contributed by atoms with E-state index in [0.29, 0.717) is 6.10 Å². The number of hydrogen-bond acceptors (Lipinski definition) is 3. The molecule has 0 aromatic heterocycles. The lowest BCUT2D eigenvalue weighted by atomic mass is 9.80. The van der Waals surface area contributed by atoms with E-state index in [1.54, 1.807) is 0 Å². The van der Waals surface area contributed by atoms with Gasteiger partial charge >= 0.3 is 0 Å². The van der Waals surface area contributed by atoms with Crippen molar-refractivity contribution < 1.29 is 9.84 Å². The van der Waals surface area contributed by atoms with E-state index in [0.717, 1.165) is 39.0 Å². The van der Waals surface area contributed by atoms with E-state index in [4.69, 9.17) is 4.74 Å². The standard InChI is InChI=1S/C11H21NO2/c13-11(5-2-6-11)9-12-7-4-10-3-1-8-14-10/h10,12-13H,1-9H2. The molecule has 0 amide bonds. The quantitative estimate of drug-likeness (QED) is 0.651. The van der Waals surface area contributed by atoms with E-state index in [1.807, 2.05) is 0 Å². The summed E-state index contributed by atoms with van der Waals surface area (Å²) in [4.78, 5) is 0. The van der Waals surface area contributed by atoms with Crippen LogP contribution < -0.4 is 5.32 Å². The van der Waals surface area contributed by atoms with E-state index >= 15 is 0 Å². The molecular formula is C11H21NO2. The molecule has 1 aliphatic carbocycles. The largest absolute Gasteiger partial charge is 0.389 e. The van der Waals surface area contributed by atoms with Gasteiger partial charge in [-0.15, -0.1) is 0 Å². The van der Waals surface area contributed by atoms with Crippen molar-refractivity contribution in [1.29, 1.82) is 0 Å². The summed E-state index contributed by atoms with van der Waals surface area (Å²) in [6, 6.07) is 0. The van der Waals surface area contributed by atoms with Crippen molar-refractivity contribution >= 4 is 0 Å². The minimum atomic E-state index is -0.378. The van der Waals surface area contributed by atoms with Crippen LogP contribution in [0.5, 0.6) is 0 Å². The molecule has 1 aliphatic heterocycles. The third kappa shape index (κ3) is 2.69. The SMILES string of the molecule is OC1(CNCCC2CCCO2)CCC1. The van der Waals surface area contributed by atoms with Crippen molar-refractivity contribution in [3.8, 4) is 0 Å². The molecule has 2 aliphatic rings. The number of rotatable bonds is 5. The molecule has 3 heteroatoms. The van der Waals surface area contributed by atoms with Crippen LogP contribution in [0.4, 0.5) is 0 Å². The van der Waals surface area contributed by atoms with Gasteiger partial charge in [0.1, 0.15) is 0 Å². The minimum Gasteiger partial charge on any atom is -0.389 e. The van der Waals surface area contributed by atoms with Crippen LogP contribution in [-0.4, -0.2) is 36.5 Å². The molecule has 0 radical (unpaired) electrons. The average Bonchev–Trinajstić information content (AvgIpc) is 2.62. The van der Waals surface area contributed by atoms with Gasteiger partial charge in [-0.3, -0.25) is 0 Å². The molecule has 0 aromatic carbocycles. The van der Waals surface area contributed by atoms with Gasteiger partial charge in [-0.2, -0.15) is 0 Å². The Morgan fingerprint density at radius 1 is 1.36 bits per heavy atom. The zero-order chi connectivity index (χ0) is 9.86. The second kappa shape index (κ2) is 4.60. The Balaban J connectivity index is 1.50. The van der Waals surface area contributed by atoms with Crippen molar-refractivity contribution in [2.24, 2.45) is 0 Å². The smallest absolute Gasteiger partial charge is 0.0771 e. The first-order valence-corrected chi connectivity index (χ1v) is 5.83. The lowest BCUT2D eigenvalue weighted by Gasteiger charge is -2.36. The van der Waals surface area contributed by atoms with Gasteiger partial charge in [0.25, 0.3) is 0 Å². The van der Waals surface area contributed by atoms with Crippen LogP contribution >= 0.6 is 0 Å². The number of ether oxygens (including phenoxy) is 1. The lowest BCUT2D eigenvalue weighted by Crippen LogP contribution is -2.46. The maximum Gasteiger partial charge on any atom is 0.0771 e. The van der Waals surface area contributed by atoms with E-state index in [1.165, 1.54) is 19.3 Å². The van der Waals surface area contributed by atoms with Crippen molar-refractivity contribution in [2.75, 3.05) is 19.7 Å². The molecule has 1 saturated carbocycles. The number of aliphatic hydroxyl groups is 1. The van der Waals surface area contributed by atoms with Gasteiger partial charge in [-0.1, -0.05) is 0 Å². The van der Waals surface area contributed by atoms with E-state index < -0.39 is 0 Å². The molecule has 1 unspecified atom stereocenters. The summed E-state index contributed by atoms with van der Waals surface area (Å²) in [5, 5.41) is 13.1. The molecule has 2 fully saturated rings. The maximum absolute atomic E-state index is 9.81. The molecule has 0 spiro atoms. The van der Waals surface area contributed by atoms with Crippen molar-refractivity contribution in [1.82, 2.24) is 5.32 Å². The highest BCUT2D eigenvalue weighted by Gasteiger charge is 2.33. The molecule has 1 atom stereocenters. The van der Waals surface area contributed by atoms with Gasteiger partial charge in [0.2, 0.25) is 0 Å². The highest BCUT2D eigenvalue weighted by molar-refractivity contribution is 4.89. The van der Waals surface area contributed by atoms with Crippen LogP contribution in [0.25, 0.3) is 0 Å². The molecule has 1 saturated heterocycles. The first kappa shape index (κ1) is 10.4. The van der Waals surface area contributed by atoms with Gasteiger partial charge in [0.15, 0.2) is 0 Å². The molecule has 82 valence electrons. The van der Waals surface area contributed by atoms with Gasteiger partial charge in [0, 0.05) is 13.2 Å². The van der Waals surface area contributed by atoms with Gasteiger partial charge in [-0.05, 0) is 45.1 Å². The molecular weight excluding hydrogens is 178 g/mol. The molecule has 2 N–H and O–H groups in total. The first-order chi connectivity index (χ1) is 6.79. The second-order valence-electron chi connectivity index (χ2n) is 4.68. The molecule has 1 heterocycles. The van der Waals surface area contributed by atoms with Crippen LogP contribution in [0.2, 0.25) is 0 Å². The Hall–Kier alpha value is -0.120. The zero-order valence-corrected chi connectivity index (χ0v) is 8.80. The van der Waals surface area contributed by atoms with Crippen molar-refractivity contribution in [3.63, 3.8) is 0 Å². The topological polar surface area (TPSA) is 41.5 Å². The Kier molecular flexibility index (Phi) is 3.42. The number of nitrogens with one attached hydrogen (secondary N) is 1. The van der Waals surface area contributed by atoms with Crippen molar-refractivity contribution in [2.45, 2.75) is 50.2 Å². The summed E-state index contributed by atoms with van der Waals surface area (Å²) in [6.07, 6.45) is 7.12. The van der Waals surface area contributed by atoms with Crippen LogP contribution in [0.3, 0.4) is 0 Å². The fraction of sp³-hybridized carbons (Fsp3) is 1.00. The van der Waals surface area contributed by atoms with Crippen LogP contribution in [0.15, 0.2) is 0 Å². The molecule has 3 nitrogen and oxygen atoms in total. The third-order valence-electron chi connectivity index (χ3n) is 3.41. The van der Waals surface area contributed by atoms with E-state index in [9.17, 15) is 5.11 Å². The number of hydrogen-bond donors (Lipinski definition) is 2. The summed E-state index contributed by atoms with van der Waals surface area (Å²) < 4.78 is 5.52. The van der Waals surface area contributed by atoms with Gasteiger partial charge in [-0.25, -0.2) is 0 Å². The minimum absolute atomic E-state index is 0.378. The predicted molar refractivity (Wildman–Crippen MR) is 55.3 cm³/mol. The average molecular weight is 199 g/mol. The monoisotopic (exact) mass is 199 g/mol. The molecule has 0 aromatic rings. The lowest BCUT2D eigenvalue weighted by molar-refractivity contribution is -0.0317. The van der Waals surface area contributed by atoms with E-state index in [2.05, 4.69) is 5.32 Å². The highest BCUT2D eigenvalue weighted by atomic mass is 16.5. The Bertz CT molecular complexity index is 174. The van der Waals surface area contributed by atoms with Crippen LogP contribution in [0, 0.1) is 0 Å². The normalized spacial score (nSPS) is 30.2. The van der Waals surface area contributed by atoms with E-state index in [-0.39, 0.29) is 5.60 Å². The zero-order valence-electron chi connectivity index (χ0n) is 8.80. The summed E-state index contributed by atoms with van der Waals surface area (Å²) in [6.45, 7) is 2.68. The van der Waals surface area contributed by atoms with Crippen LogP contribution in [0.1, 0.15) is 38.5 Å². The fourth-order valence-electron chi connectivity index (χ4n) is 2.22. The summed E-state index contributed by atoms with van der Waals surface area (Å²) in [5.74, 6) is 0. The van der Waals surface area contributed by atoms with Gasteiger partial charge in [0.05, 0.1) is 11.7 Å². The Morgan fingerprint density at radius 2 is 2.21 bits per heavy atom. The summed E-state index contributed by atoms with van der Waals surface area (Å²) >= 11 is 0. The first-order valence-electron chi connectivity index (χ1n) is 5.83. The Labute approximate surface area is 85.8 Å². The molecule has 0 bridgehead atoms. The summed E-state index contributed by atoms with van der Waals surface area (Å²) in [7, 11) is 0. The van der Waals surface area contributed by atoms with Crippen molar-refractivity contribution in [3.05, 3.63) is 0 Å². The molecule has 2 rings (SSSR count). The Morgan fingerprint density at radius 3 is 2.79 bits per heavy atom. The van der Waals surface area contributed by atoms with Gasteiger partial charge < -0.3 is 15.2 Å². The fourth-order valence-corrected chi connectivity index (χ4v) is 2.22.